The summed E-state index contributed by atoms with van der Waals surface area (Å²) >= 11 is 12.5. The fourth-order valence-corrected chi connectivity index (χ4v) is 3.37. The second kappa shape index (κ2) is 7.18. The fraction of sp³-hybridized carbons (Fsp3) is 0.200. The largest absolute Gasteiger partial charge is 0.306 e. The molecule has 0 spiro atoms. The molecule has 0 saturated carbocycles. The van der Waals surface area contributed by atoms with Crippen LogP contribution in [0, 0.1) is 11.6 Å². The molecule has 0 bridgehead atoms. The highest BCUT2D eigenvalue weighted by Crippen LogP contribution is 2.33. The zero-order valence-corrected chi connectivity index (χ0v) is 15.0. The number of rotatable bonds is 4. The van der Waals surface area contributed by atoms with Gasteiger partial charge in [-0.2, -0.15) is 0 Å². The smallest absolute Gasteiger partial charge is 0.145 e. The Bertz CT molecular complexity index is 644. The van der Waals surface area contributed by atoms with Gasteiger partial charge < -0.3 is 5.32 Å². The van der Waals surface area contributed by atoms with Crippen molar-refractivity contribution in [1.82, 2.24) is 5.32 Å². The topological polar surface area (TPSA) is 12.0 Å². The van der Waals surface area contributed by atoms with Gasteiger partial charge in [-0.3, -0.25) is 0 Å². The van der Waals surface area contributed by atoms with Gasteiger partial charge in [-0.1, -0.05) is 34.5 Å². The molecule has 2 aromatic carbocycles. The Labute approximate surface area is 144 Å². The Kier molecular flexibility index (Phi) is 5.77. The highest BCUT2D eigenvalue weighted by Gasteiger charge is 2.23. The third kappa shape index (κ3) is 3.83. The van der Waals surface area contributed by atoms with Gasteiger partial charge >= 0.3 is 0 Å². The lowest BCUT2D eigenvalue weighted by molar-refractivity contribution is 0.507. The molecule has 0 radical (unpaired) electrons. The quantitative estimate of drug-likeness (QED) is 0.590. The maximum atomic E-state index is 14.4. The van der Waals surface area contributed by atoms with Gasteiger partial charge in [0.05, 0.1) is 10.5 Å². The predicted octanol–water partition coefficient (Wildman–Crippen LogP) is 5.84. The molecule has 0 amide bonds. The lowest BCUT2D eigenvalue weighted by Gasteiger charge is -2.21. The van der Waals surface area contributed by atoms with Gasteiger partial charge in [0.1, 0.15) is 11.6 Å². The van der Waals surface area contributed by atoms with Gasteiger partial charge in [0, 0.05) is 15.1 Å². The SMILES string of the molecule is CCNC(c1cc(Cl)cc(Br)c1)c1c(F)ccc(Br)c1F. The number of benzene rings is 2. The van der Waals surface area contributed by atoms with E-state index >= 15 is 0 Å². The molecule has 1 unspecified atom stereocenters. The standard InChI is InChI=1S/C15H12Br2ClF2N/c1-2-21-15(8-5-9(16)7-10(18)6-8)13-12(19)4-3-11(17)14(13)20/h3-7,15,21H,2H2,1H3. The van der Waals surface area contributed by atoms with Crippen LogP contribution in [0.1, 0.15) is 24.1 Å². The van der Waals surface area contributed by atoms with Crippen LogP contribution in [-0.2, 0) is 0 Å². The first-order valence-corrected chi connectivity index (χ1v) is 8.23. The van der Waals surface area contributed by atoms with Crippen LogP contribution in [-0.4, -0.2) is 6.54 Å². The summed E-state index contributed by atoms with van der Waals surface area (Å²) in [6.07, 6.45) is 0. The number of hydrogen-bond acceptors (Lipinski definition) is 1. The van der Waals surface area contributed by atoms with Crippen molar-refractivity contribution in [1.29, 1.82) is 0 Å². The normalized spacial score (nSPS) is 12.5. The molecule has 0 aliphatic carbocycles. The second-order valence-corrected chi connectivity index (χ2v) is 6.66. The molecule has 1 atom stereocenters. The van der Waals surface area contributed by atoms with Crippen molar-refractivity contribution in [3.05, 3.63) is 67.1 Å². The molecule has 0 aliphatic rings. The van der Waals surface area contributed by atoms with Crippen molar-refractivity contribution in [2.24, 2.45) is 0 Å². The van der Waals surface area contributed by atoms with Gasteiger partial charge in [-0.25, -0.2) is 8.78 Å². The number of halogens is 5. The van der Waals surface area contributed by atoms with Crippen molar-refractivity contribution in [3.8, 4) is 0 Å². The molecule has 21 heavy (non-hydrogen) atoms. The predicted molar refractivity (Wildman–Crippen MR) is 88.7 cm³/mol. The van der Waals surface area contributed by atoms with Gasteiger partial charge in [-0.15, -0.1) is 0 Å². The molecule has 0 heterocycles. The summed E-state index contributed by atoms with van der Waals surface area (Å²) < 4.78 is 29.5. The van der Waals surface area contributed by atoms with E-state index in [4.69, 9.17) is 11.6 Å². The van der Waals surface area contributed by atoms with Gasteiger partial charge in [0.2, 0.25) is 0 Å². The van der Waals surface area contributed by atoms with Crippen LogP contribution in [0.4, 0.5) is 8.78 Å². The summed E-state index contributed by atoms with van der Waals surface area (Å²) in [5.41, 5.74) is 0.660. The van der Waals surface area contributed by atoms with Crippen LogP contribution >= 0.6 is 43.5 Å². The van der Waals surface area contributed by atoms with E-state index in [1.54, 1.807) is 18.2 Å². The molecule has 0 fully saturated rings. The molecule has 112 valence electrons. The van der Waals surface area contributed by atoms with E-state index in [-0.39, 0.29) is 10.0 Å². The third-order valence-corrected chi connectivity index (χ3v) is 4.28. The van der Waals surface area contributed by atoms with Gasteiger partial charge in [-0.05, 0) is 58.4 Å². The first kappa shape index (κ1) is 16.9. The van der Waals surface area contributed by atoms with E-state index in [2.05, 4.69) is 37.2 Å². The fourth-order valence-electron chi connectivity index (χ4n) is 2.14. The van der Waals surface area contributed by atoms with E-state index in [1.165, 1.54) is 12.1 Å². The Morgan fingerprint density at radius 2 is 1.90 bits per heavy atom. The van der Waals surface area contributed by atoms with Crippen molar-refractivity contribution >= 4 is 43.5 Å². The maximum absolute atomic E-state index is 14.4. The summed E-state index contributed by atoms with van der Waals surface area (Å²) in [6.45, 7) is 2.43. The minimum absolute atomic E-state index is 0.0274. The van der Waals surface area contributed by atoms with Crippen LogP contribution < -0.4 is 5.32 Å². The Morgan fingerprint density at radius 3 is 2.52 bits per heavy atom. The van der Waals surface area contributed by atoms with Crippen molar-refractivity contribution in [2.75, 3.05) is 6.54 Å². The molecule has 0 aromatic heterocycles. The third-order valence-electron chi connectivity index (χ3n) is 2.99. The van der Waals surface area contributed by atoms with Crippen LogP contribution in [0.25, 0.3) is 0 Å². The molecular formula is C15H12Br2ClF2N. The Hall–Kier alpha value is -0.490. The lowest BCUT2D eigenvalue weighted by atomic mass is 9.97. The Balaban J connectivity index is 2.61. The summed E-state index contributed by atoms with van der Waals surface area (Å²) in [5.74, 6) is -1.21. The zero-order valence-electron chi connectivity index (χ0n) is 11.1. The van der Waals surface area contributed by atoms with Gasteiger partial charge in [0.25, 0.3) is 0 Å². The minimum Gasteiger partial charge on any atom is -0.306 e. The maximum Gasteiger partial charge on any atom is 0.145 e. The number of hydrogen-bond donors (Lipinski definition) is 1. The molecule has 1 nitrogen and oxygen atoms in total. The Morgan fingerprint density at radius 1 is 1.19 bits per heavy atom. The zero-order chi connectivity index (χ0) is 15.6. The molecule has 2 rings (SSSR count). The second-order valence-electron chi connectivity index (χ2n) is 4.45. The highest BCUT2D eigenvalue weighted by molar-refractivity contribution is 9.10. The summed E-state index contributed by atoms with van der Waals surface area (Å²) in [7, 11) is 0. The monoisotopic (exact) mass is 437 g/mol. The van der Waals surface area contributed by atoms with E-state index in [0.717, 1.165) is 4.47 Å². The average Bonchev–Trinajstić information content (AvgIpc) is 2.41. The molecule has 1 N–H and O–H groups in total. The molecular weight excluding hydrogens is 427 g/mol. The van der Waals surface area contributed by atoms with Crippen LogP contribution in [0.2, 0.25) is 5.02 Å². The first-order chi connectivity index (χ1) is 9.93. The van der Waals surface area contributed by atoms with E-state index in [1.807, 2.05) is 6.92 Å². The van der Waals surface area contributed by atoms with Gasteiger partial charge in [0.15, 0.2) is 0 Å². The van der Waals surface area contributed by atoms with Crippen LogP contribution in [0.5, 0.6) is 0 Å². The van der Waals surface area contributed by atoms with Crippen molar-refractivity contribution in [3.63, 3.8) is 0 Å². The molecule has 2 aromatic rings. The average molecular weight is 440 g/mol. The summed E-state index contributed by atoms with van der Waals surface area (Å²) in [5, 5.41) is 3.60. The summed E-state index contributed by atoms with van der Waals surface area (Å²) in [4.78, 5) is 0. The molecule has 6 heteroatoms. The molecule has 0 aliphatic heterocycles. The molecule has 0 saturated heterocycles. The minimum atomic E-state index is -0.623. The first-order valence-electron chi connectivity index (χ1n) is 6.26. The van der Waals surface area contributed by atoms with Crippen LogP contribution in [0.15, 0.2) is 39.3 Å². The van der Waals surface area contributed by atoms with E-state index < -0.39 is 17.7 Å². The van der Waals surface area contributed by atoms with Crippen molar-refractivity contribution < 1.29 is 8.78 Å². The number of nitrogens with one attached hydrogen (secondary N) is 1. The van der Waals surface area contributed by atoms with E-state index in [0.29, 0.717) is 17.1 Å². The lowest BCUT2D eigenvalue weighted by Crippen LogP contribution is -2.24. The van der Waals surface area contributed by atoms with Crippen molar-refractivity contribution in [2.45, 2.75) is 13.0 Å². The van der Waals surface area contributed by atoms with Crippen LogP contribution in [0.3, 0.4) is 0 Å². The summed E-state index contributed by atoms with van der Waals surface area (Å²) in [6, 6.07) is 7.18. The van der Waals surface area contributed by atoms with E-state index in [9.17, 15) is 8.78 Å². The highest BCUT2D eigenvalue weighted by atomic mass is 79.9.